The fourth-order valence-corrected chi connectivity index (χ4v) is 4.19. The largest absolute Gasteiger partial charge is 0.388 e. The number of aromatic nitrogens is 2. The third-order valence-corrected chi connectivity index (χ3v) is 5.70. The smallest absolute Gasteiger partial charge is 0.252 e. The van der Waals surface area contributed by atoms with Gasteiger partial charge in [0, 0.05) is 30.9 Å². The summed E-state index contributed by atoms with van der Waals surface area (Å²) in [5.41, 5.74) is 0.664. The van der Waals surface area contributed by atoms with E-state index in [1.54, 1.807) is 24.7 Å². The van der Waals surface area contributed by atoms with Gasteiger partial charge in [0.2, 0.25) is 0 Å². The Morgan fingerprint density at radius 1 is 1.26 bits per heavy atom. The van der Waals surface area contributed by atoms with Crippen LogP contribution in [0.3, 0.4) is 0 Å². The number of aliphatic hydroxyl groups is 1. The van der Waals surface area contributed by atoms with E-state index in [4.69, 9.17) is 0 Å². The Hall–Kier alpha value is -2.77. The number of aliphatic hydroxyl groups excluding tert-OH is 1. The van der Waals surface area contributed by atoms with Crippen molar-refractivity contribution in [2.24, 2.45) is 0 Å². The zero-order chi connectivity index (χ0) is 18.7. The SMILES string of the molecule is O=C(N[C@]1(c2ccccc2)CCN(c2cnccn2)C[C@H]1O)c1ccsc1. The van der Waals surface area contributed by atoms with Gasteiger partial charge in [0.15, 0.2) is 0 Å². The van der Waals surface area contributed by atoms with E-state index in [9.17, 15) is 9.90 Å². The van der Waals surface area contributed by atoms with E-state index in [1.807, 2.05) is 46.0 Å². The van der Waals surface area contributed by atoms with Crippen molar-refractivity contribution in [2.45, 2.75) is 18.1 Å². The maximum atomic E-state index is 12.8. The normalized spacial score (nSPS) is 22.4. The molecule has 27 heavy (non-hydrogen) atoms. The van der Waals surface area contributed by atoms with Crippen LogP contribution in [0.1, 0.15) is 22.3 Å². The summed E-state index contributed by atoms with van der Waals surface area (Å²) in [4.78, 5) is 23.2. The Labute approximate surface area is 161 Å². The van der Waals surface area contributed by atoms with Gasteiger partial charge in [-0.15, -0.1) is 0 Å². The van der Waals surface area contributed by atoms with Gasteiger partial charge < -0.3 is 15.3 Å². The molecule has 1 aliphatic heterocycles. The maximum Gasteiger partial charge on any atom is 0.252 e. The Kier molecular flexibility index (Phi) is 4.87. The second-order valence-electron chi connectivity index (χ2n) is 6.58. The van der Waals surface area contributed by atoms with E-state index >= 15 is 0 Å². The molecule has 6 nitrogen and oxygen atoms in total. The van der Waals surface area contributed by atoms with Crippen molar-refractivity contribution in [3.8, 4) is 0 Å². The molecule has 1 saturated heterocycles. The zero-order valence-corrected chi connectivity index (χ0v) is 15.5. The van der Waals surface area contributed by atoms with E-state index in [0.29, 0.717) is 25.1 Å². The number of amides is 1. The molecule has 2 aromatic heterocycles. The molecule has 0 saturated carbocycles. The molecule has 0 spiro atoms. The molecule has 138 valence electrons. The molecule has 0 bridgehead atoms. The van der Waals surface area contributed by atoms with Crippen LogP contribution in [0.25, 0.3) is 0 Å². The summed E-state index contributed by atoms with van der Waals surface area (Å²) in [7, 11) is 0. The highest BCUT2D eigenvalue weighted by atomic mass is 32.1. The Bertz CT molecular complexity index is 889. The first-order valence-corrected chi connectivity index (χ1v) is 9.72. The van der Waals surface area contributed by atoms with Gasteiger partial charge >= 0.3 is 0 Å². The second-order valence-corrected chi connectivity index (χ2v) is 7.36. The van der Waals surface area contributed by atoms with Gasteiger partial charge in [-0.1, -0.05) is 30.3 Å². The predicted molar refractivity (Wildman–Crippen MR) is 105 cm³/mol. The van der Waals surface area contributed by atoms with Crippen LogP contribution in [-0.4, -0.2) is 40.2 Å². The van der Waals surface area contributed by atoms with Crippen molar-refractivity contribution in [3.63, 3.8) is 0 Å². The number of carbonyl (C=O) groups is 1. The number of β-amino-alcohol motifs (C(OH)–C–C–N with tert-alkyl or cyclic N) is 1. The minimum Gasteiger partial charge on any atom is -0.388 e. The number of hydrogen-bond acceptors (Lipinski definition) is 6. The molecule has 1 amide bonds. The van der Waals surface area contributed by atoms with E-state index in [-0.39, 0.29) is 5.91 Å². The molecule has 1 fully saturated rings. The zero-order valence-electron chi connectivity index (χ0n) is 14.7. The van der Waals surface area contributed by atoms with Crippen molar-refractivity contribution in [3.05, 3.63) is 76.9 Å². The number of nitrogens with zero attached hydrogens (tertiary/aromatic N) is 3. The van der Waals surface area contributed by atoms with Gasteiger partial charge in [-0.2, -0.15) is 11.3 Å². The highest BCUT2D eigenvalue weighted by molar-refractivity contribution is 7.08. The molecular formula is C20H20N4O2S. The summed E-state index contributed by atoms with van der Waals surface area (Å²) in [5, 5.41) is 18.0. The summed E-state index contributed by atoms with van der Waals surface area (Å²) < 4.78 is 0. The minimum atomic E-state index is -0.848. The third-order valence-electron chi connectivity index (χ3n) is 5.02. The molecule has 0 aliphatic carbocycles. The van der Waals surface area contributed by atoms with Crippen LogP contribution in [0.15, 0.2) is 65.7 Å². The predicted octanol–water partition coefficient (Wildman–Crippen LogP) is 2.43. The van der Waals surface area contributed by atoms with Crippen LogP contribution in [0.5, 0.6) is 0 Å². The first kappa shape index (κ1) is 17.6. The van der Waals surface area contributed by atoms with Crippen LogP contribution in [0.2, 0.25) is 0 Å². The second kappa shape index (κ2) is 7.46. The van der Waals surface area contributed by atoms with Gasteiger partial charge in [-0.3, -0.25) is 9.78 Å². The summed E-state index contributed by atoms with van der Waals surface area (Å²) >= 11 is 1.48. The highest BCUT2D eigenvalue weighted by Gasteiger charge is 2.45. The monoisotopic (exact) mass is 380 g/mol. The summed E-state index contributed by atoms with van der Waals surface area (Å²) in [6, 6.07) is 11.5. The maximum absolute atomic E-state index is 12.8. The molecule has 1 aromatic carbocycles. The van der Waals surface area contributed by atoms with E-state index in [0.717, 1.165) is 11.4 Å². The fourth-order valence-electron chi connectivity index (χ4n) is 3.56. The quantitative estimate of drug-likeness (QED) is 0.727. The average molecular weight is 380 g/mol. The molecule has 1 aliphatic rings. The molecule has 4 rings (SSSR count). The number of rotatable bonds is 4. The van der Waals surface area contributed by atoms with E-state index in [1.165, 1.54) is 11.3 Å². The van der Waals surface area contributed by atoms with Crippen molar-refractivity contribution in [1.82, 2.24) is 15.3 Å². The number of hydrogen-bond donors (Lipinski definition) is 2. The molecule has 3 aromatic rings. The lowest BCUT2D eigenvalue weighted by molar-refractivity contribution is 0.0365. The number of benzene rings is 1. The summed E-state index contributed by atoms with van der Waals surface area (Å²) in [5.74, 6) is 0.550. The first-order valence-electron chi connectivity index (χ1n) is 8.78. The average Bonchev–Trinajstić information content (AvgIpc) is 3.26. The Balaban J connectivity index is 1.64. The fraction of sp³-hybridized carbons (Fsp3) is 0.250. The van der Waals surface area contributed by atoms with E-state index < -0.39 is 11.6 Å². The van der Waals surface area contributed by atoms with Gasteiger partial charge in [-0.05, 0) is 23.4 Å². The number of piperidine rings is 1. The standard InChI is InChI=1S/C20H20N4O2S/c25-17-13-24(18-12-21-8-9-22-18)10-7-20(17,16-4-2-1-3-5-16)23-19(26)15-6-11-27-14-15/h1-6,8-9,11-12,14,17,25H,7,10,13H2,(H,23,26)/t17-,20+/m1/s1. The molecule has 0 unspecified atom stereocenters. The van der Waals surface area contributed by atoms with Crippen molar-refractivity contribution < 1.29 is 9.90 Å². The van der Waals surface area contributed by atoms with Crippen molar-refractivity contribution in [2.75, 3.05) is 18.0 Å². The van der Waals surface area contributed by atoms with Crippen LogP contribution in [0, 0.1) is 0 Å². The Morgan fingerprint density at radius 3 is 2.78 bits per heavy atom. The van der Waals surface area contributed by atoms with Crippen molar-refractivity contribution >= 4 is 23.1 Å². The topological polar surface area (TPSA) is 78.4 Å². The van der Waals surface area contributed by atoms with Crippen molar-refractivity contribution in [1.29, 1.82) is 0 Å². The van der Waals surface area contributed by atoms with Crippen LogP contribution >= 0.6 is 11.3 Å². The number of carbonyl (C=O) groups excluding carboxylic acids is 1. The van der Waals surface area contributed by atoms with Gasteiger partial charge in [-0.25, -0.2) is 4.98 Å². The molecule has 7 heteroatoms. The minimum absolute atomic E-state index is 0.174. The van der Waals surface area contributed by atoms with Gasteiger partial charge in [0.05, 0.1) is 23.4 Å². The lowest BCUT2D eigenvalue weighted by Gasteiger charge is -2.46. The number of nitrogens with one attached hydrogen (secondary N) is 1. The molecule has 0 radical (unpaired) electrons. The van der Waals surface area contributed by atoms with Gasteiger partial charge in [0.1, 0.15) is 5.82 Å². The molecule has 2 atom stereocenters. The lowest BCUT2D eigenvalue weighted by Crippen LogP contribution is -2.62. The third kappa shape index (κ3) is 3.43. The highest BCUT2D eigenvalue weighted by Crippen LogP contribution is 2.35. The van der Waals surface area contributed by atoms with Gasteiger partial charge in [0.25, 0.3) is 5.91 Å². The molecule has 2 N–H and O–H groups in total. The Morgan fingerprint density at radius 2 is 2.11 bits per heavy atom. The lowest BCUT2D eigenvalue weighted by atomic mass is 9.78. The number of thiophene rings is 1. The summed E-state index contributed by atoms with van der Waals surface area (Å²) in [6.07, 6.45) is 4.72. The molecular weight excluding hydrogens is 360 g/mol. The van der Waals surface area contributed by atoms with Crippen LogP contribution in [0.4, 0.5) is 5.82 Å². The molecule has 3 heterocycles. The van der Waals surface area contributed by atoms with Crippen LogP contribution in [-0.2, 0) is 5.54 Å². The van der Waals surface area contributed by atoms with E-state index in [2.05, 4.69) is 15.3 Å². The summed E-state index contributed by atoms with van der Waals surface area (Å²) in [6.45, 7) is 1.01. The van der Waals surface area contributed by atoms with Crippen LogP contribution < -0.4 is 10.2 Å². The number of anilines is 1. The first-order chi connectivity index (χ1) is 13.2.